The van der Waals surface area contributed by atoms with Gasteiger partial charge in [-0.2, -0.15) is 0 Å². The van der Waals surface area contributed by atoms with Crippen LogP contribution in [0.15, 0.2) is 21.3 Å². The smallest absolute Gasteiger partial charge is 0.343 e. The van der Waals surface area contributed by atoms with Crippen molar-refractivity contribution in [2.45, 2.75) is 40.0 Å². The van der Waals surface area contributed by atoms with Gasteiger partial charge in [-0.3, -0.25) is 0 Å². The molecule has 0 radical (unpaired) electrons. The molecule has 96 valence electrons. The van der Waals surface area contributed by atoms with E-state index in [0.29, 0.717) is 16.5 Å². The molecular formula is C15H18O3. The Morgan fingerprint density at radius 2 is 2.00 bits per heavy atom. The molecule has 0 amide bonds. The molecule has 0 fully saturated rings. The molecule has 0 bridgehead atoms. The third kappa shape index (κ3) is 1.80. The van der Waals surface area contributed by atoms with E-state index < -0.39 is 5.63 Å². The summed E-state index contributed by atoms with van der Waals surface area (Å²) in [6.07, 6.45) is 0.873. The van der Waals surface area contributed by atoms with Crippen molar-refractivity contribution < 1.29 is 9.52 Å². The number of benzene rings is 1. The maximum atomic E-state index is 11.9. The molecule has 3 nitrogen and oxygen atoms in total. The molecule has 0 aliphatic carbocycles. The summed E-state index contributed by atoms with van der Waals surface area (Å²) in [6, 6.07) is 3.80. The highest BCUT2D eigenvalue weighted by Gasteiger charge is 2.18. The maximum absolute atomic E-state index is 11.9. The first-order valence-corrected chi connectivity index (χ1v) is 6.25. The average Bonchev–Trinajstić information content (AvgIpc) is 2.30. The monoisotopic (exact) mass is 246 g/mol. The summed E-state index contributed by atoms with van der Waals surface area (Å²) in [7, 11) is 0. The molecule has 1 N–H and O–H groups in total. The van der Waals surface area contributed by atoms with Crippen molar-refractivity contribution in [1.29, 1.82) is 0 Å². The highest BCUT2D eigenvalue weighted by atomic mass is 16.4. The van der Waals surface area contributed by atoms with Crippen molar-refractivity contribution in [3.63, 3.8) is 0 Å². The van der Waals surface area contributed by atoms with Gasteiger partial charge >= 0.3 is 5.63 Å². The molecule has 0 spiro atoms. The van der Waals surface area contributed by atoms with Gasteiger partial charge in [-0.05, 0) is 36.5 Å². The Morgan fingerprint density at radius 1 is 1.33 bits per heavy atom. The highest BCUT2D eigenvalue weighted by molar-refractivity contribution is 5.87. The molecule has 1 heterocycles. The zero-order valence-electron chi connectivity index (χ0n) is 11.2. The first-order valence-electron chi connectivity index (χ1n) is 6.25. The van der Waals surface area contributed by atoms with E-state index in [1.54, 1.807) is 0 Å². The number of hydrogen-bond acceptors (Lipinski definition) is 3. The van der Waals surface area contributed by atoms with E-state index in [9.17, 15) is 9.90 Å². The van der Waals surface area contributed by atoms with E-state index in [0.717, 1.165) is 17.5 Å². The Bertz CT molecular complexity index is 651. The SMILES string of the molecule is CCc1ccc2c(O)c(C(C)C)c(=O)oc2c1C. The van der Waals surface area contributed by atoms with E-state index in [4.69, 9.17) is 4.42 Å². The number of aryl methyl sites for hydroxylation is 2. The van der Waals surface area contributed by atoms with E-state index >= 15 is 0 Å². The topological polar surface area (TPSA) is 50.4 Å². The summed E-state index contributed by atoms with van der Waals surface area (Å²) in [5.74, 6) is -0.00110. The zero-order chi connectivity index (χ0) is 13.4. The van der Waals surface area contributed by atoms with Crippen LogP contribution >= 0.6 is 0 Å². The van der Waals surface area contributed by atoms with E-state index in [2.05, 4.69) is 6.92 Å². The van der Waals surface area contributed by atoms with Gasteiger partial charge in [0, 0.05) is 0 Å². The predicted octanol–water partition coefficient (Wildman–Crippen LogP) is 3.49. The number of aromatic hydroxyl groups is 1. The quantitative estimate of drug-likeness (QED) is 0.825. The van der Waals surface area contributed by atoms with Gasteiger partial charge in [0.2, 0.25) is 0 Å². The molecule has 1 aromatic heterocycles. The van der Waals surface area contributed by atoms with Crippen LogP contribution in [0.4, 0.5) is 0 Å². The summed E-state index contributed by atoms with van der Waals surface area (Å²) in [6.45, 7) is 7.70. The van der Waals surface area contributed by atoms with Crippen LogP contribution in [0.1, 0.15) is 43.4 Å². The minimum atomic E-state index is -0.439. The summed E-state index contributed by atoms with van der Waals surface area (Å²) < 4.78 is 5.39. The van der Waals surface area contributed by atoms with Crippen molar-refractivity contribution in [3.05, 3.63) is 39.2 Å². The Labute approximate surface area is 106 Å². The van der Waals surface area contributed by atoms with Crippen LogP contribution in [0, 0.1) is 6.92 Å². The summed E-state index contributed by atoms with van der Waals surface area (Å²) >= 11 is 0. The lowest BCUT2D eigenvalue weighted by atomic mass is 9.98. The van der Waals surface area contributed by atoms with Crippen LogP contribution < -0.4 is 5.63 Å². The molecule has 0 saturated heterocycles. The summed E-state index contributed by atoms with van der Waals surface area (Å²) in [4.78, 5) is 11.9. The third-order valence-corrected chi connectivity index (χ3v) is 3.40. The van der Waals surface area contributed by atoms with Gasteiger partial charge in [0.25, 0.3) is 0 Å². The molecule has 0 atom stereocenters. The lowest BCUT2D eigenvalue weighted by Gasteiger charge is -2.11. The second-order valence-electron chi connectivity index (χ2n) is 4.89. The third-order valence-electron chi connectivity index (χ3n) is 3.40. The van der Waals surface area contributed by atoms with Crippen LogP contribution in [0.2, 0.25) is 0 Å². The Hall–Kier alpha value is -1.77. The molecule has 2 rings (SSSR count). The molecule has 0 aliphatic heterocycles. The second kappa shape index (κ2) is 4.48. The Morgan fingerprint density at radius 3 is 2.56 bits per heavy atom. The van der Waals surface area contributed by atoms with Gasteiger partial charge in [-0.15, -0.1) is 0 Å². The van der Waals surface area contributed by atoms with Gasteiger partial charge in [-0.1, -0.05) is 26.8 Å². The van der Waals surface area contributed by atoms with Crippen LogP contribution in [-0.2, 0) is 6.42 Å². The van der Waals surface area contributed by atoms with E-state index in [-0.39, 0.29) is 11.7 Å². The predicted molar refractivity (Wildman–Crippen MR) is 72.4 cm³/mol. The fourth-order valence-corrected chi connectivity index (χ4v) is 2.33. The van der Waals surface area contributed by atoms with Gasteiger partial charge in [0.1, 0.15) is 11.3 Å². The van der Waals surface area contributed by atoms with Crippen LogP contribution in [0.25, 0.3) is 11.0 Å². The standard InChI is InChI=1S/C15H18O3/c1-5-10-6-7-11-13(16)12(8(2)3)15(17)18-14(11)9(10)4/h6-8,16H,5H2,1-4H3. The fraction of sp³-hybridized carbons (Fsp3) is 0.400. The fourth-order valence-electron chi connectivity index (χ4n) is 2.33. The van der Waals surface area contributed by atoms with Crippen LogP contribution in [-0.4, -0.2) is 5.11 Å². The minimum absolute atomic E-state index is 0.0574. The van der Waals surface area contributed by atoms with Crippen molar-refractivity contribution in [3.8, 4) is 5.75 Å². The van der Waals surface area contributed by atoms with Gasteiger partial charge in [0.05, 0.1) is 10.9 Å². The largest absolute Gasteiger partial charge is 0.507 e. The lowest BCUT2D eigenvalue weighted by Crippen LogP contribution is -2.10. The Kier molecular flexibility index (Phi) is 3.16. The first kappa shape index (κ1) is 12.7. The van der Waals surface area contributed by atoms with Gasteiger partial charge in [0.15, 0.2) is 0 Å². The van der Waals surface area contributed by atoms with Crippen molar-refractivity contribution in [2.24, 2.45) is 0 Å². The average molecular weight is 246 g/mol. The zero-order valence-corrected chi connectivity index (χ0v) is 11.2. The van der Waals surface area contributed by atoms with Gasteiger partial charge < -0.3 is 9.52 Å². The van der Waals surface area contributed by atoms with E-state index in [1.807, 2.05) is 32.9 Å². The summed E-state index contributed by atoms with van der Waals surface area (Å²) in [5, 5.41) is 10.8. The van der Waals surface area contributed by atoms with Crippen molar-refractivity contribution >= 4 is 11.0 Å². The van der Waals surface area contributed by atoms with Crippen molar-refractivity contribution in [2.75, 3.05) is 0 Å². The first-order chi connectivity index (χ1) is 8.47. The number of rotatable bonds is 2. The molecule has 0 saturated carbocycles. The normalized spacial score (nSPS) is 11.4. The van der Waals surface area contributed by atoms with Crippen LogP contribution in [0.5, 0.6) is 5.75 Å². The molecule has 18 heavy (non-hydrogen) atoms. The summed E-state index contributed by atoms with van der Waals surface area (Å²) in [5.41, 5.74) is 2.47. The molecule has 0 unspecified atom stereocenters. The Balaban J connectivity index is 2.91. The lowest BCUT2D eigenvalue weighted by molar-refractivity contribution is 0.451. The van der Waals surface area contributed by atoms with E-state index in [1.165, 1.54) is 0 Å². The molecule has 2 aromatic rings. The molecule has 1 aromatic carbocycles. The number of hydrogen-bond donors (Lipinski definition) is 1. The van der Waals surface area contributed by atoms with Gasteiger partial charge in [-0.25, -0.2) is 4.79 Å². The molecule has 3 heteroatoms. The maximum Gasteiger partial charge on any atom is 0.343 e. The highest BCUT2D eigenvalue weighted by Crippen LogP contribution is 2.33. The second-order valence-corrected chi connectivity index (χ2v) is 4.89. The minimum Gasteiger partial charge on any atom is -0.507 e. The molecular weight excluding hydrogens is 228 g/mol. The van der Waals surface area contributed by atoms with Crippen LogP contribution in [0.3, 0.4) is 0 Å². The number of fused-ring (bicyclic) bond motifs is 1. The molecule has 0 aliphatic rings. The van der Waals surface area contributed by atoms with Crippen molar-refractivity contribution in [1.82, 2.24) is 0 Å².